The molecule has 1 unspecified atom stereocenters. The number of aliphatic hydroxyl groups is 1. The Morgan fingerprint density at radius 3 is 2.94 bits per heavy atom. The molecule has 0 aliphatic heterocycles. The molecule has 0 aliphatic rings. The third-order valence-corrected chi connectivity index (χ3v) is 2.63. The van der Waals surface area contributed by atoms with Crippen molar-refractivity contribution in [1.29, 1.82) is 5.26 Å². The Labute approximate surface area is 101 Å². The highest BCUT2D eigenvalue weighted by Gasteiger charge is 2.07. The minimum Gasteiger partial charge on any atom is -0.396 e. The van der Waals surface area contributed by atoms with Crippen LogP contribution in [-0.4, -0.2) is 18.3 Å². The van der Waals surface area contributed by atoms with Crippen LogP contribution in [0.5, 0.6) is 0 Å². The van der Waals surface area contributed by atoms with Crippen molar-refractivity contribution >= 4 is 0 Å². The number of hydrogen-bond acceptors (Lipinski definition) is 3. The van der Waals surface area contributed by atoms with Crippen LogP contribution >= 0.6 is 0 Å². The lowest BCUT2D eigenvalue weighted by Crippen LogP contribution is -2.22. The summed E-state index contributed by atoms with van der Waals surface area (Å²) in [4.78, 5) is 0. The van der Waals surface area contributed by atoms with E-state index < -0.39 is 5.82 Å². The number of benzene rings is 1. The summed E-state index contributed by atoms with van der Waals surface area (Å²) in [5.74, 6) is -0.0977. The molecule has 1 aromatic carbocycles. The van der Waals surface area contributed by atoms with E-state index in [9.17, 15) is 4.39 Å². The lowest BCUT2D eigenvalue weighted by Gasteiger charge is -2.11. The number of halogens is 1. The van der Waals surface area contributed by atoms with E-state index in [1.807, 2.05) is 13.0 Å². The van der Waals surface area contributed by atoms with E-state index in [-0.39, 0.29) is 12.2 Å². The molecule has 0 heterocycles. The highest BCUT2D eigenvalue weighted by molar-refractivity contribution is 5.34. The number of nitrogens with one attached hydrogen (secondary N) is 1. The van der Waals surface area contributed by atoms with Gasteiger partial charge in [-0.1, -0.05) is 19.1 Å². The number of nitriles is 1. The van der Waals surface area contributed by atoms with Crippen LogP contribution in [0.25, 0.3) is 0 Å². The van der Waals surface area contributed by atoms with Gasteiger partial charge in [-0.25, -0.2) is 4.39 Å². The first-order chi connectivity index (χ1) is 8.19. The average Bonchev–Trinajstić information content (AvgIpc) is 2.32. The summed E-state index contributed by atoms with van der Waals surface area (Å²) in [7, 11) is 0. The predicted molar refractivity (Wildman–Crippen MR) is 63.7 cm³/mol. The van der Waals surface area contributed by atoms with Crippen molar-refractivity contribution in [2.45, 2.75) is 19.9 Å². The van der Waals surface area contributed by atoms with E-state index in [1.54, 1.807) is 12.1 Å². The van der Waals surface area contributed by atoms with Gasteiger partial charge in [-0.3, -0.25) is 0 Å². The van der Waals surface area contributed by atoms with Crippen LogP contribution in [0.3, 0.4) is 0 Å². The Morgan fingerprint density at radius 1 is 1.53 bits per heavy atom. The topological polar surface area (TPSA) is 56.0 Å². The lowest BCUT2D eigenvalue weighted by molar-refractivity contribution is 0.260. The molecule has 3 nitrogen and oxygen atoms in total. The fraction of sp³-hybridized carbons (Fsp3) is 0.462. The molecule has 17 heavy (non-hydrogen) atoms. The zero-order chi connectivity index (χ0) is 12.7. The minimum absolute atomic E-state index is 0.0766. The summed E-state index contributed by atoms with van der Waals surface area (Å²) in [5.41, 5.74) is 0.577. The zero-order valence-electron chi connectivity index (χ0n) is 9.91. The van der Waals surface area contributed by atoms with Crippen molar-refractivity contribution in [2.75, 3.05) is 13.2 Å². The van der Waals surface area contributed by atoms with Gasteiger partial charge in [0.1, 0.15) is 11.9 Å². The predicted octanol–water partition coefficient (Wildman–Crippen LogP) is 1.81. The van der Waals surface area contributed by atoms with Gasteiger partial charge in [0, 0.05) is 18.7 Å². The smallest absolute Gasteiger partial charge is 0.145 e. The summed E-state index contributed by atoms with van der Waals surface area (Å²) in [6.45, 7) is 3.31. The average molecular weight is 236 g/mol. The van der Waals surface area contributed by atoms with Gasteiger partial charge in [-0.05, 0) is 24.9 Å². The second-order valence-corrected chi connectivity index (χ2v) is 4.14. The Kier molecular flexibility index (Phi) is 5.61. The van der Waals surface area contributed by atoms with E-state index in [0.717, 1.165) is 13.0 Å². The summed E-state index contributed by atoms with van der Waals surface area (Å²) in [6, 6.07) is 6.63. The zero-order valence-corrected chi connectivity index (χ0v) is 9.91. The Morgan fingerprint density at radius 2 is 2.29 bits per heavy atom. The molecule has 1 aromatic rings. The summed E-state index contributed by atoms with van der Waals surface area (Å²) in [5, 5.41) is 20.5. The number of aliphatic hydroxyl groups excluding tert-OH is 1. The molecule has 4 heteroatoms. The van der Waals surface area contributed by atoms with Crippen LogP contribution in [0, 0.1) is 23.1 Å². The molecule has 0 amide bonds. The fourth-order valence-electron chi connectivity index (χ4n) is 1.58. The molecule has 0 saturated heterocycles. The highest BCUT2D eigenvalue weighted by atomic mass is 19.1. The van der Waals surface area contributed by atoms with Crippen molar-refractivity contribution in [3.63, 3.8) is 0 Å². The van der Waals surface area contributed by atoms with Gasteiger partial charge < -0.3 is 10.4 Å². The molecule has 2 N–H and O–H groups in total. The van der Waals surface area contributed by atoms with Crippen LogP contribution in [-0.2, 0) is 6.54 Å². The van der Waals surface area contributed by atoms with Crippen molar-refractivity contribution in [3.8, 4) is 6.07 Å². The first-order valence-corrected chi connectivity index (χ1v) is 5.68. The second-order valence-electron chi connectivity index (χ2n) is 4.14. The molecule has 0 saturated carbocycles. The van der Waals surface area contributed by atoms with E-state index in [0.29, 0.717) is 18.0 Å². The standard InChI is InChI=1S/C13H17FN2O/c1-10(5-6-17)8-16-9-12-4-2-3-11(7-15)13(12)14/h2-4,10,16-17H,5-6,8-9H2,1H3. The van der Waals surface area contributed by atoms with Gasteiger partial charge in [0.05, 0.1) is 5.56 Å². The van der Waals surface area contributed by atoms with Gasteiger partial charge in [0.15, 0.2) is 0 Å². The summed E-state index contributed by atoms with van der Waals surface area (Å²) >= 11 is 0. The van der Waals surface area contributed by atoms with Crippen LogP contribution in [0.4, 0.5) is 4.39 Å². The van der Waals surface area contributed by atoms with Crippen LogP contribution < -0.4 is 5.32 Å². The maximum atomic E-state index is 13.6. The Hall–Kier alpha value is -1.44. The highest BCUT2D eigenvalue weighted by Crippen LogP contribution is 2.11. The molecule has 1 atom stereocenters. The SMILES string of the molecule is CC(CCO)CNCc1cccc(C#N)c1F. The van der Waals surface area contributed by atoms with Crippen molar-refractivity contribution < 1.29 is 9.50 Å². The molecular formula is C13H17FN2O. The van der Waals surface area contributed by atoms with Crippen LogP contribution in [0.15, 0.2) is 18.2 Å². The normalized spacial score (nSPS) is 12.1. The van der Waals surface area contributed by atoms with Gasteiger partial charge in [0.25, 0.3) is 0 Å². The fourth-order valence-corrected chi connectivity index (χ4v) is 1.58. The largest absolute Gasteiger partial charge is 0.396 e. The molecule has 1 rings (SSSR count). The molecule has 92 valence electrons. The van der Waals surface area contributed by atoms with E-state index >= 15 is 0 Å². The maximum absolute atomic E-state index is 13.6. The molecule has 0 aromatic heterocycles. The van der Waals surface area contributed by atoms with Gasteiger partial charge >= 0.3 is 0 Å². The third kappa shape index (κ3) is 4.14. The molecule has 0 bridgehead atoms. The number of hydrogen-bond donors (Lipinski definition) is 2. The minimum atomic E-state index is -0.447. The van der Waals surface area contributed by atoms with E-state index in [1.165, 1.54) is 6.07 Å². The first-order valence-electron chi connectivity index (χ1n) is 5.68. The van der Waals surface area contributed by atoms with Crippen LogP contribution in [0.1, 0.15) is 24.5 Å². The van der Waals surface area contributed by atoms with E-state index in [2.05, 4.69) is 5.32 Å². The van der Waals surface area contributed by atoms with Gasteiger partial charge in [-0.2, -0.15) is 5.26 Å². The van der Waals surface area contributed by atoms with Crippen molar-refractivity contribution in [2.24, 2.45) is 5.92 Å². The Bertz CT molecular complexity index is 401. The molecule has 0 fully saturated rings. The monoisotopic (exact) mass is 236 g/mol. The molecule has 0 aliphatic carbocycles. The van der Waals surface area contributed by atoms with Crippen molar-refractivity contribution in [1.82, 2.24) is 5.32 Å². The van der Waals surface area contributed by atoms with E-state index in [4.69, 9.17) is 10.4 Å². The van der Waals surface area contributed by atoms with Crippen LogP contribution in [0.2, 0.25) is 0 Å². The van der Waals surface area contributed by atoms with Crippen molar-refractivity contribution in [3.05, 3.63) is 35.1 Å². The maximum Gasteiger partial charge on any atom is 0.145 e. The number of nitrogens with zero attached hydrogens (tertiary/aromatic N) is 1. The summed E-state index contributed by atoms with van der Waals surface area (Å²) < 4.78 is 13.6. The molecular weight excluding hydrogens is 219 g/mol. The molecule has 0 spiro atoms. The number of rotatable bonds is 6. The first kappa shape index (κ1) is 13.6. The van der Waals surface area contributed by atoms with Gasteiger partial charge in [-0.15, -0.1) is 0 Å². The Balaban J connectivity index is 2.50. The summed E-state index contributed by atoms with van der Waals surface area (Å²) in [6.07, 6.45) is 0.730. The molecule has 0 radical (unpaired) electrons. The third-order valence-electron chi connectivity index (χ3n) is 2.63. The second kappa shape index (κ2) is 7.00. The lowest BCUT2D eigenvalue weighted by atomic mass is 10.1. The quantitative estimate of drug-likeness (QED) is 0.792. The van der Waals surface area contributed by atoms with Gasteiger partial charge in [0.2, 0.25) is 0 Å².